The largest absolute Gasteiger partial charge is 0.399 e. The second-order valence-electron chi connectivity index (χ2n) is 4.82. The van der Waals surface area contributed by atoms with Crippen molar-refractivity contribution in [3.8, 4) is 0 Å². The molecule has 2 aromatic rings. The van der Waals surface area contributed by atoms with Gasteiger partial charge in [-0.3, -0.25) is 0 Å². The minimum Gasteiger partial charge on any atom is -0.399 e. The lowest BCUT2D eigenvalue weighted by atomic mass is 10.1. The van der Waals surface area contributed by atoms with Crippen LogP contribution in [0.2, 0.25) is 0 Å². The molecule has 0 atom stereocenters. The molecular weight excluding hydrogens is 269 g/mol. The number of aryl methyl sites for hydroxylation is 1. The van der Waals surface area contributed by atoms with Crippen molar-refractivity contribution in [1.29, 1.82) is 0 Å². The Morgan fingerprint density at radius 3 is 2.57 bits per heavy atom. The molecule has 0 heterocycles. The van der Waals surface area contributed by atoms with Crippen LogP contribution in [0.1, 0.15) is 11.1 Å². The number of urea groups is 1. The summed E-state index contributed by atoms with van der Waals surface area (Å²) in [6, 6.07) is 11.3. The lowest BCUT2D eigenvalue weighted by molar-refractivity contribution is 0.252. The van der Waals surface area contributed by atoms with Crippen molar-refractivity contribution in [2.24, 2.45) is 0 Å². The van der Waals surface area contributed by atoms with Gasteiger partial charge in [0.25, 0.3) is 0 Å². The van der Waals surface area contributed by atoms with Crippen LogP contribution in [0.5, 0.6) is 0 Å². The van der Waals surface area contributed by atoms with E-state index in [1.807, 2.05) is 6.92 Å². The van der Waals surface area contributed by atoms with Gasteiger partial charge in [-0.1, -0.05) is 6.07 Å². The van der Waals surface area contributed by atoms with E-state index < -0.39 is 0 Å². The van der Waals surface area contributed by atoms with E-state index >= 15 is 0 Å². The topological polar surface area (TPSA) is 67.2 Å². The number of carbonyl (C=O) groups excluding carboxylic acids is 1. The normalized spacial score (nSPS) is 10.2. The molecule has 0 saturated heterocycles. The van der Waals surface area contributed by atoms with Gasteiger partial charge >= 0.3 is 6.03 Å². The number of anilines is 2. The predicted octanol–water partition coefficient (Wildman–Crippen LogP) is 3.08. The number of rotatable bonds is 4. The van der Waals surface area contributed by atoms with E-state index in [0.29, 0.717) is 24.3 Å². The maximum absolute atomic E-state index is 13.0. The molecule has 5 heteroatoms. The molecular formula is C16H18FN3O. The zero-order valence-corrected chi connectivity index (χ0v) is 11.8. The summed E-state index contributed by atoms with van der Waals surface area (Å²) >= 11 is 0. The van der Waals surface area contributed by atoms with Gasteiger partial charge < -0.3 is 16.4 Å². The molecule has 110 valence electrons. The third kappa shape index (κ3) is 4.49. The van der Waals surface area contributed by atoms with Gasteiger partial charge in [0.1, 0.15) is 5.82 Å². The molecule has 2 rings (SSSR count). The van der Waals surface area contributed by atoms with Gasteiger partial charge in [0.15, 0.2) is 0 Å². The average Bonchev–Trinajstić information content (AvgIpc) is 2.44. The third-order valence-electron chi connectivity index (χ3n) is 3.15. The molecule has 0 saturated carbocycles. The van der Waals surface area contributed by atoms with Gasteiger partial charge in [-0.15, -0.1) is 0 Å². The molecule has 0 aliphatic rings. The zero-order chi connectivity index (χ0) is 15.2. The number of amides is 2. The van der Waals surface area contributed by atoms with Crippen molar-refractivity contribution in [2.75, 3.05) is 17.6 Å². The number of halogens is 1. The summed E-state index contributed by atoms with van der Waals surface area (Å²) in [5.74, 6) is -0.245. The Kier molecular flexibility index (Phi) is 4.77. The van der Waals surface area contributed by atoms with Gasteiger partial charge in [-0.2, -0.15) is 0 Å². The highest BCUT2D eigenvalue weighted by atomic mass is 19.1. The van der Waals surface area contributed by atoms with Crippen molar-refractivity contribution >= 4 is 17.4 Å². The molecule has 0 aliphatic carbocycles. The maximum Gasteiger partial charge on any atom is 0.319 e. The highest BCUT2D eigenvalue weighted by Gasteiger charge is 2.03. The summed E-state index contributed by atoms with van der Waals surface area (Å²) in [4.78, 5) is 11.7. The quantitative estimate of drug-likeness (QED) is 0.756. The fraction of sp³-hybridized carbons (Fsp3) is 0.188. The number of carbonyl (C=O) groups is 1. The van der Waals surface area contributed by atoms with Crippen LogP contribution in [-0.4, -0.2) is 12.6 Å². The Labute approximate surface area is 123 Å². The fourth-order valence-corrected chi connectivity index (χ4v) is 1.99. The highest BCUT2D eigenvalue weighted by molar-refractivity contribution is 5.89. The second-order valence-corrected chi connectivity index (χ2v) is 4.82. The number of nitrogen functional groups attached to an aromatic ring is 1. The van der Waals surface area contributed by atoms with Crippen molar-refractivity contribution in [3.63, 3.8) is 0 Å². The second kappa shape index (κ2) is 6.74. The molecule has 0 aromatic heterocycles. The van der Waals surface area contributed by atoms with E-state index in [-0.39, 0.29) is 11.8 Å². The summed E-state index contributed by atoms with van der Waals surface area (Å²) in [5, 5.41) is 5.47. The first kappa shape index (κ1) is 14.8. The molecule has 0 unspecified atom stereocenters. The van der Waals surface area contributed by atoms with E-state index in [0.717, 1.165) is 11.1 Å². The minimum absolute atomic E-state index is 0.245. The van der Waals surface area contributed by atoms with E-state index in [4.69, 9.17) is 5.73 Å². The molecule has 0 aliphatic heterocycles. The lowest BCUT2D eigenvalue weighted by Gasteiger charge is -2.09. The summed E-state index contributed by atoms with van der Waals surface area (Å²) in [5.41, 5.74) is 8.80. The molecule has 21 heavy (non-hydrogen) atoms. The van der Waals surface area contributed by atoms with Crippen molar-refractivity contribution in [2.45, 2.75) is 13.3 Å². The summed E-state index contributed by atoms with van der Waals surface area (Å²) in [6.45, 7) is 2.33. The van der Waals surface area contributed by atoms with E-state index in [9.17, 15) is 9.18 Å². The van der Waals surface area contributed by atoms with Crippen molar-refractivity contribution < 1.29 is 9.18 Å². The Morgan fingerprint density at radius 1 is 1.19 bits per heavy atom. The first-order chi connectivity index (χ1) is 10.0. The van der Waals surface area contributed by atoms with Crippen LogP contribution in [-0.2, 0) is 6.42 Å². The molecule has 2 amide bonds. The fourth-order valence-electron chi connectivity index (χ4n) is 1.99. The standard InChI is InChI=1S/C16H18FN3O/c1-11-10-13(17)3-2-12(11)8-9-19-16(21)20-15-6-4-14(18)5-7-15/h2-7,10H,8-9,18H2,1H3,(H2,19,20,21). The number of nitrogens with two attached hydrogens (primary N) is 1. The molecule has 0 bridgehead atoms. The molecule has 4 nitrogen and oxygen atoms in total. The highest BCUT2D eigenvalue weighted by Crippen LogP contribution is 2.11. The maximum atomic E-state index is 13.0. The molecule has 0 spiro atoms. The average molecular weight is 287 g/mol. The summed E-state index contributed by atoms with van der Waals surface area (Å²) in [6.07, 6.45) is 0.654. The van der Waals surface area contributed by atoms with E-state index in [1.54, 1.807) is 30.3 Å². The smallest absolute Gasteiger partial charge is 0.319 e. The van der Waals surface area contributed by atoms with Gasteiger partial charge in [-0.05, 0) is 60.9 Å². The first-order valence-electron chi connectivity index (χ1n) is 6.70. The van der Waals surface area contributed by atoms with E-state index in [2.05, 4.69) is 10.6 Å². The van der Waals surface area contributed by atoms with Crippen LogP contribution in [0.25, 0.3) is 0 Å². The van der Waals surface area contributed by atoms with Crippen LogP contribution in [0.15, 0.2) is 42.5 Å². The lowest BCUT2D eigenvalue weighted by Crippen LogP contribution is -2.30. The monoisotopic (exact) mass is 287 g/mol. The zero-order valence-electron chi connectivity index (χ0n) is 11.8. The van der Waals surface area contributed by atoms with Crippen LogP contribution in [0.4, 0.5) is 20.6 Å². The summed E-state index contributed by atoms with van der Waals surface area (Å²) < 4.78 is 13.0. The Morgan fingerprint density at radius 2 is 1.90 bits per heavy atom. The Bertz CT molecular complexity index is 626. The first-order valence-corrected chi connectivity index (χ1v) is 6.70. The van der Waals surface area contributed by atoms with Gasteiger partial charge in [-0.25, -0.2) is 9.18 Å². The van der Waals surface area contributed by atoms with Crippen molar-refractivity contribution in [1.82, 2.24) is 5.32 Å². The Hall–Kier alpha value is -2.56. The van der Waals surface area contributed by atoms with Gasteiger partial charge in [0, 0.05) is 17.9 Å². The molecule has 2 aromatic carbocycles. The van der Waals surface area contributed by atoms with E-state index in [1.165, 1.54) is 12.1 Å². The number of hydrogen-bond acceptors (Lipinski definition) is 2. The number of benzene rings is 2. The number of nitrogens with one attached hydrogen (secondary N) is 2. The predicted molar refractivity (Wildman–Crippen MR) is 82.7 cm³/mol. The number of hydrogen-bond donors (Lipinski definition) is 3. The van der Waals surface area contributed by atoms with Crippen LogP contribution >= 0.6 is 0 Å². The van der Waals surface area contributed by atoms with Gasteiger partial charge in [0.2, 0.25) is 0 Å². The van der Waals surface area contributed by atoms with Crippen LogP contribution in [0.3, 0.4) is 0 Å². The molecule has 0 fully saturated rings. The van der Waals surface area contributed by atoms with Crippen LogP contribution < -0.4 is 16.4 Å². The van der Waals surface area contributed by atoms with Crippen molar-refractivity contribution in [3.05, 3.63) is 59.4 Å². The SMILES string of the molecule is Cc1cc(F)ccc1CCNC(=O)Nc1ccc(N)cc1. The van der Waals surface area contributed by atoms with Crippen LogP contribution in [0, 0.1) is 12.7 Å². The van der Waals surface area contributed by atoms with Gasteiger partial charge in [0.05, 0.1) is 0 Å². The third-order valence-corrected chi connectivity index (χ3v) is 3.15. The molecule has 4 N–H and O–H groups in total. The molecule has 0 radical (unpaired) electrons. The summed E-state index contributed by atoms with van der Waals surface area (Å²) in [7, 11) is 0. The minimum atomic E-state index is -0.278. The Balaban J connectivity index is 1.80.